The van der Waals surface area contributed by atoms with E-state index in [0.29, 0.717) is 37.8 Å². The van der Waals surface area contributed by atoms with Gasteiger partial charge in [0.1, 0.15) is 0 Å². The quantitative estimate of drug-likeness (QED) is 0.0980. The molecule has 0 aromatic heterocycles. The van der Waals surface area contributed by atoms with Crippen LogP contribution < -0.4 is 0 Å². The second-order valence-electron chi connectivity index (χ2n) is 12.6. The summed E-state index contributed by atoms with van der Waals surface area (Å²) < 4.78 is 0. The molecular weight excluding hydrogens is 468 g/mol. The van der Waals surface area contributed by atoms with Crippen LogP contribution in [0.5, 0.6) is 0 Å². The van der Waals surface area contributed by atoms with E-state index in [1.54, 1.807) is 0 Å². The highest BCUT2D eigenvalue weighted by Gasteiger charge is 2.18. The molecule has 0 aliphatic rings. The highest BCUT2D eigenvalue weighted by atomic mass is 16.2. The van der Waals surface area contributed by atoms with Crippen LogP contribution in [0.15, 0.2) is 0 Å². The van der Waals surface area contributed by atoms with Crippen LogP contribution >= 0.6 is 0 Å². The molecule has 0 aliphatic heterocycles. The number of carbonyl (C=O) groups is 2. The summed E-state index contributed by atoms with van der Waals surface area (Å²) in [7, 11) is 0. The highest BCUT2D eigenvalue weighted by Crippen LogP contribution is 2.14. The van der Waals surface area contributed by atoms with Crippen LogP contribution in [0.2, 0.25) is 0 Å². The van der Waals surface area contributed by atoms with E-state index in [-0.39, 0.29) is 11.8 Å². The third-order valence-corrected chi connectivity index (χ3v) is 7.79. The Bertz CT molecular complexity index is 499. The molecule has 226 valence electrons. The lowest BCUT2D eigenvalue weighted by atomic mass is 10.1. The van der Waals surface area contributed by atoms with Gasteiger partial charge in [0.15, 0.2) is 0 Å². The molecule has 0 saturated heterocycles. The summed E-state index contributed by atoms with van der Waals surface area (Å²) in [5.41, 5.74) is 0. The molecule has 0 aromatic rings. The summed E-state index contributed by atoms with van der Waals surface area (Å²) >= 11 is 0. The number of carbonyl (C=O) groups excluding carboxylic acids is 2. The van der Waals surface area contributed by atoms with E-state index >= 15 is 0 Å². The number of unbranched alkanes of at least 4 members (excludes halogenated alkanes) is 14. The summed E-state index contributed by atoms with van der Waals surface area (Å²) in [5, 5.41) is 0. The molecule has 0 atom stereocenters. The second-order valence-corrected chi connectivity index (χ2v) is 12.6. The van der Waals surface area contributed by atoms with Crippen LogP contribution in [0.1, 0.15) is 170 Å². The SMILES string of the molecule is CCCCCCCCCCC(=O)N(CCC(C)C)CCN(CCC(C)C)C(=O)CCCCCCCCCC. The number of hydrogen-bond acceptors (Lipinski definition) is 2. The first-order valence-corrected chi connectivity index (χ1v) is 16.9. The number of nitrogens with zero attached hydrogens (tertiary/aromatic N) is 2. The summed E-state index contributed by atoms with van der Waals surface area (Å²) in [6.45, 7) is 16.4. The maximum absolute atomic E-state index is 13.1. The predicted octanol–water partition coefficient (Wildman–Crippen LogP) is 9.80. The molecule has 0 spiro atoms. The van der Waals surface area contributed by atoms with Crippen molar-refractivity contribution >= 4 is 11.8 Å². The molecule has 38 heavy (non-hydrogen) atoms. The largest absolute Gasteiger partial charge is 0.341 e. The zero-order valence-electron chi connectivity index (χ0n) is 26.8. The molecule has 0 unspecified atom stereocenters. The third-order valence-electron chi connectivity index (χ3n) is 7.79. The monoisotopic (exact) mass is 537 g/mol. The van der Waals surface area contributed by atoms with Gasteiger partial charge in [-0.1, -0.05) is 131 Å². The Balaban J connectivity index is 4.65. The van der Waals surface area contributed by atoms with E-state index in [1.165, 1.54) is 77.0 Å². The summed E-state index contributed by atoms with van der Waals surface area (Å²) in [4.78, 5) is 30.4. The Hall–Kier alpha value is -1.06. The van der Waals surface area contributed by atoms with Crippen LogP contribution in [0.3, 0.4) is 0 Å². The lowest BCUT2D eigenvalue weighted by Crippen LogP contribution is -2.42. The number of hydrogen-bond donors (Lipinski definition) is 0. The van der Waals surface area contributed by atoms with E-state index in [0.717, 1.165) is 51.6 Å². The van der Waals surface area contributed by atoms with E-state index in [9.17, 15) is 9.59 Å². The Kier molecular flexibility index (Phi) is 25.4. The third kappa shape index (κ3) is 22.9. The predicted molar refractivity (Wildman–Crippen MR) is 167 cm³/mol. The fourth-order valence-electron chi connectivity index (χ4n) is 4.93. The molecule has 0 aromatic carbocycles. The van der Waals surface area contributed by atoms with Gasteiger partial charge >= 0.3 is 0 Å². The van der Waals surface area contributed by atoms with Gasteiger partial charge in [0.05, 0.1) is 0 Å². The minimum absolute atomic E-state index is 0.288. The Labute approximate surface area is 239 Å². The zero-order chi connectivity index (χ0) is 28.4. The van der Waals surface area contributed by atoms with E-state index < -0.39 is 0 Å². The zero-order valence-corrected chi connectivity index (χ0v) is 26.8. The van der Waals surface area contributed by atoms with Crippen molar-refractivity contribution in [3.8, 4) is 0 Å². The van der Waals surface area contributed by atoms with Crippen molar-refractivity contribution in [1.29, 1.82) is 0 Å². The van der Waals surface area contributed by atoms with Crippen LogP contribution in [-0.4, -0.2) is 47.8 Å². The average Bonchev–Trinajstić information content (AvgIpc) is 2.88. The minimum Gasteiger partial charge on any atom is -0.341 e. The highest BCUT2D eigenvalue weighted by molar-refractivity contribution is 5.77. The maximum Gasteiger partial charge on any atom is 0.222 e. The topological polar surface area (TPSA) is 40.6 Å². The molecule has 4 nitrogen and oxygen atoms in total. The number of rotatable bonds is 27. The van der Waals surface area contributed by atoms with E-state index in [4.69, 9.17) is 0 Å². The molecule has 0 rings (SSSR count). The Morgan fingerprint density at radius 1 is 0.447 bits per heavy atom. The van der Waals surface area contributed by atoms with Crippen molar-refractivity contribution in [2.24, 2.45) is 11.8 Å². The fraction of sp³-hybridized carbons (Fsp3) is 0.941. The molecule has 0 heterocycles. The standard InChI is InChI=1S/C34H68N2O2/c1-7-9-11-13-15-17-19-21-23-33(37)35(27-25-31(3)4)29-30-36(28-26-32(5)6)34(38)24-22-20-18-16-14-12-10-8-2/h31-32H,7-30H2,1-6H3. The van der Waals surface area contributed by atoms with Gasteiger partial charge in [0, 0.05) is 39.0 Å². The van der Waals surface area contributed by atoms with Gasteiger partial charge in [0.25, 0.3) is 0 Å². The van der Waals surface area contributed by atoms with Gasteiger partial charge in [0.2, 0.25) is 11.8 Å². The first-order chi connectivity index (χ1) is 18.3. The van der Waals surface area contributed by atoms with Crippen molar-refractivity contribution in [2.75, 3.05) is 26.2 Å². The van der Waals surface area contributed by atoms with Gasteiger partial charge in [-0.2, -0.15) is 0 Å². The maximum atomic E-state index is 13.1. The molecular formula is C34H68N2O2. The van der Waals surface area contributed by atoms with Gasteiger partial charge < -0.3 is 9.80 Å². The molecule has 0 N–H and O–H groups in total. The van der Waals surface area contributed by atoms with Crippen LogP contribution in [0, 0.1) is 11.8 Å². The lowest BCUT2D eigenvalue weighted by molar-refractivity contribution is -0.135. The lowest BCUT2D eigenvalue weighted by Gasteiger charge is -2.29. The summed E-state index contributed by atoms with van der Waals surface area (Å²) in [5.74, 6) is 1.73. The smallest absolute Gasteiger partial charge is 0.222 e. The normalized spacial score (nSPS) is 11.5. The minimum atomic E-state index is 0.288. The fourth-order valence-corrected chi connectivity index (χ4v) is 4.93. The molecule has 4 heteroatoms. The van der Waals surface area contributed by atoms with Crippen molar-refractivity contribution in [3.63, 3.8) is 0 Å². The Morgan fingerprint density at radius 2 is 0.737 bits per heavy atom. The van der Waals surface area contributed by atoms with Gasteiger partial charge in [-0.25, -0.2) is 0 Å². The van der Waals surface area contributed by atoms with Gasteiger partial charge in [-0.05, 0) is 37.5 Å². The van der Waals surface area contributed by atoms with Gasteiger partial charge in [-0.15, -0.1) is 0 Å². The van der Waals surface area contributed by atoms with Crippen LogP contribution in [-0.2, 0) is 9.59 Å². The van der Waals surface area contributed by atoms with E-state index in [1.807, 2.05) is 0 Å². The van der Waals surface area contributed by atoms with Crippen molar-refractivity contribution in [3.05, 3.63) is 0 Å². The van der Waals surface area contributed by atoms with Crippen molar-refractivity contribution in [1.82, 2.24) is 9.80 Å². The molecule has 0 fully saturated rings. The molecule has 0 bridgehead atoms. The first kappa shape index (κ1) is 36.9. The summed E-state index contributed by atoms with van der Waals surface area (Å²) in [6.07, 6.45) is 23.4. The molecule has 0 radical (unpaired) electrons. The number of amides is 2. The second kappa shape index (κ2) is 26.2. The van der Waals surface area contributed by atoms with Crippen LogP contribution in [0.4, 0.5) is 0 Å². The van der Waals surface area contributed by atoms with Crippen LogP contribution in [0.25, 0.3) is 0 Å². The van der Waals surface area contributed by atoms with Crippen molar-refractivity contribution in [2.45, 2.75) is 170 Å². The van der Waals surface area contributed by atoms with Gasteiger partial charge in [-0.3, -0.25) is 9.59 Å². The molecule has 2 amide bonds. The van der Waals surface area contributed by atoms with Crippen molar-refractivity contribution < 1.29 is 9.59 Å². The average molecular weight is 537 g/mol. The van der Waals surface area contributed by atoms with E-state index in [2.05, 4.69) is 51.3 Å². The Morgan fingerprint density at radius 3 is 1.03 bits per heavy atom. The molecule has 0 aliphatic carbocycles. The first-order valence-electron chi connectivity index (χ1n) is 16.9. The summed E-state index contributed by atoms with van der Waals surface area (Å²) in [6, 6.07) is 0. The molecule has 0 saturated carbocycles.